The summed E-state index contributed by atoms with van der Waals surface area (Å²) in [5.41, 5.74) is 7.93. The lowest BCUT2D eigenvalue weighted by Crippen LogP contribution is -2.19. The lowest BCUT2D eigenvalue weighted by molar-refractivity contribution is 0.784. The zero-order valence-electron chi connectivity index (χ0n) is 9.97. The first-order valence-corrected chi connectivity index (χ1v) is 6.46. The molecule has 0 aliphatic rings. The van der Waals surface area contributed by atoms with Crippen LogP contribution in [0.4, 0.5) is 11.8 Å². The summed E-state index contributed by atoms with van der Waals surface area (Å²) in [5.74, 6) is 1.13. The van der Waals surface area contributed by atoms with E-state index in [0.717, 1.165) is 17.8 Å². The molecule has 4 nitrogen and oxygen atoms in total. The van der Waals surface area contributed by atoms with E-state index in [1.54, 1.807) is 17.5 Å². The summed E-state index contributed by atoms with van der Waals surface area (Å²) >= 11 is 1.72. The van der Waals surface area contributed by atoms with Crippen molar-refractivity contribution < 1.29 is 0 Å². The third-order valence-electron chi connectivity index (χ3n) is 2.50. The van der Waals surface area contributed by atoms with Gasteiger partial charge in [0.15, 0.2) is 0 Å². The minimum Gasteiger partial charge on any atom is -0.368 e. The Kier molecular flexibility index (Phi) is 3.58. The molecule has 2 rings (SSSR count). The van der Waals surface area contributed by atoms with Gasteiger partial charge < -0.3 is 11.1 Å². The lowest BCUT2D eigenvalue weighted by Gasteiger charge is -2.15. The maximum atomic E-state index is 5.58. The fraction of sp³-hybridized carbons (Fsp3) is 0.333. The van der Waals surface area contributed by atoms with Crippen LogP contribution in [0, 0.1) is 6.92 Å². The van der Waals surface area contributed by atoms with Crippen LogP contribution in [0.5, 0.6) is 0 Å². The fourth-order valence-corrected chi connectivity index (χ4v) is 2.33. The van der Waals surface area contributed by atoms with Gasteiger partial charge in [-0.05, 0) is 42.7 Å². The molecular formula is C12H16N4S. The second kappa shape index (κ2) is 5.14. The summed E-state index contributed by atoms with van der Waals surface area (Å²) in [4.78, 5) is 8.15. The number of rotatable bonds is 4. The van der Waals surface area contributed by atoms with Gasteiger partial charge >= 0.3 is 0 Å². The number of aryl methyl sites for hydroxylation is 1. The van der Waals surface area contributed by atoms with Crippen LogP contribution in [-0.2, 0) is 6.42 Å². The summed E-state index contributed by atoms with van der Waals surface area (Å²) in [6, 6.07) is 2.46. The van der Waals surface area contributed by atoms with Crippen molar-refractivity contribution in [2.75, 3.05) is 11.1 Å². The van der Waals surface area contributed by atoms with Crippen LogP contribution in [0.15, 0.2) is 23.0 Å². The van der Waals surface area contributed by atoms with Crippen molar-refractivity contribution in [3.05, 3.63) is 34.2 Å². The van der Waals surface area contributed by atoms with E-state index in [4.69, 9.17) is 5.73 Å². The van der Waals surface area contributed by atoms with Gasteiger partial charge in [-0.3, -0.25) is 0 Å². The molecule has 0 aromatic carbocycles. The predicted molar refractivity (Wildman–Crippen MR) is 72.3 cm³/mol. The molecule has 5 heteroatoms. The van der Waals surface area contributed by atoms with Crippen LogP contribution in [0.25, 0.3) is 0 Å². The molecule has 0 spiro atoms. The number of hydrogen-bond acceptors (Lipinski definition) is 5. The van der Waals surface area contributed by atoms with E-state index in [0.29, 0.717) is 12.0 Å². The average Bonchev–Trinajstić information content (AvgIpc) is 2.76. The molecule has 0 radical (unpaired) electrons. The Balaban J connectivity index is 2.02. The van der Waals surface area contributed by atoms with Crippen LogP contribution >= 0.6 is 11.3 Å². The number of anilines is 2. The van der Waals surface area contributed by atoms with E-state index >= 15 is 0 Å². The molecule has 1 atom stereocenters. The van der Waals surface area contributed by atoms with Gasteiger partial charge in [0.05, 0.1) is 0 Å². The molecule has 1 unspecified atom stereocenters. The fourth-order valence-electron chi connectivity index (χ4n) is 1.65. The van der Waals surface area contributed by atoms with Crippen molar-refractivity contribution in [1.29, 1.82) is 0 Å². The first kappa shape index (κ1) is 11.9. The van der Waals surface area contributed by atoms with Crippen LogP contribution in [0.3, 0.4) is 0 Å². The maximum Gasteiger partial charge on any atom is 0.221 e. The largest absolute Gasteiger partial charge is 0.368 e. The number of nitrogens with zero attached hydrogens (tertiary/aromatic N) is 2. The third kappa shape index (κ3) is 3.17. The Bertz CT molecular complexity index is 481. The maximum absolute atomic E-state index is 5.58. The summed E-state index contributed by atoms with van der Waals surface area (Å²) in [7, 11) is 0. The number of nitrogens with two attached hydrogens (primary N) is 1. The molecule has 0 aliphatic carbocycles. The zero-order chi connectivity index (χ0) is 12.3. The van der Waals surface area contributed by atoms with Crippen LogP contribution < -0.4 is 11.1 Å². The van der Waals surface area contributed by atoms with Crippen molar-refractivity contribution in [3.8, 4) is 0 Å². The molecule has 2 aromatic heterocycles. The summed E-state index contributed by atoms with van der Waals surface area (Å²) in [5, 5.41) is 7.62. The summed E-state index contributed by atoms with van der Waals surface area (Å²) < 4.78 is 0. The lowest BCUT2D eigenvalue weighted by atomic mass is 10.1. The topological polar surface area (TPSA) is 63.8 Å². The van der Waals surface area contributed by atoms with Gasteiger partial charge in [-0.25, -0.2) is 4.98 Å². The van der Waals surface area contributed by atoms with Crippen molar-refractivity contribution in [2.45, 2.75) is 26.3 Å². The Morgan fingerprint density at radius 1 is 1.53 bits per heavy atom. The van der Waals surface area contributed by atoms with Gasteiger partial charge in [-0.15, -0.1) is 0 Å². The quantitative estimate of drug-likeness (QED) is 0.872. The van der Waals surface area contributed by atoms with Crippen molar-refractivity contribution in [1.82, 2.24) is 9.97 Å². The average molecular weight is 248 g/mol. The Morgan fingerprint density at radius 3 is 3.06 bits per heavy atom. The Morgan fingerprint density at radius 2 is 2.35 bits per heavy atom. The molecule has 2 aromatic rings. The highest BCUT2D eigenvalue weighted by Gasteiger charge is 2.07. The van der Waals surface area contributed by atoms with E-state index in [1.807, 2.05) is 6.92 Å². The highest BCUT2D eigenvalue weighted by Crippen LogP contribution is 2.15. The molecule has 90 valence electrons. The number of aromatic nitrogens is 2. The van der Waals surface area contributed by atoms with Crippen LogP contribution in [0.2, 0.25) is 0 Å². The van der Waals surface area contributed by atoms with E-state index in [1.165, 1.54) is 5.56 Å². The smallest absolute Gasteiger partial charge is 0.221 e. The summed E-state index contributed by atoms with van der Waals surface area (Å²) in [6.07, 6.45) is 2.72. The van der Waals surface area contributed by atoms with Gasteiger partial charge in [-0.2, -0.15) is 16.3 Å². The van der Waals surface area contributed by atoms with Gasteiger partial charge in [0, 0.05) is 17.8 Å². The highest BCUT2D eigenvalue weighted by atomic mass is 32.1. The van der Waals surface area contributed by atoms with E-state index < -0.39 is 0 Å². The second-order valence-electron chi connectivity index (χ2n) is 4.14. The molecule has 0 amide bonds. The summed E-state index contributed by atoms with van der Waals surface area (Å²) in [6.45, 7) is 4.11. The number of nitrogen functional groups attached to an aromatic ring is 1. The molecule has 2 heterocycles. The zero-order valence-corrected chi connectivity index (χ0v) is 10.8. The predicted octanol–water partition coefficient (Wildman–Crippen LogP) is 2.47. The highest BCUT2D eigenvalue weighted by molar-refractivity contribution is 7.07. The number of nitrogens with one attached hydrogen (secondary N) is 1. The third-order valence-corrected chi connectivity index (χ3v) is 3.23. The standard InChI is InChI=1S/C12H16N4S/c1-8-6-14-12(13)16-11(8)15-9(2)5-10-3-4-17-7-10/h3-4,6-7,9H,5H2,1-2H3,(H3,13,14,15,16). The SMILES string of the molecule is Cc1cnc(N)nc1NC(C)Cc1ccsc1. The molecular weight excluding hydrogens is 232 g/mol. The molecule has 0 aliphatic heterocycles. The molecule has 0 saturated heterocycles. The monoisotopic (exact) mass is 248 g/mol. The molecule has 0 fully saturated rings. The minimum atomic E-state index is 0.306. The van der Waals surface area contributed by atoms with Gasteiger partial charge in [0.2, 0.25) is 5.95 Å². The van der Waals surface area contributed by atoms with Crippen molar-refractivity contribution >= 4 is 23.1 Å². The van der Waals surface area contributed by atoms with Crippen LogP contribution in [0.1, 0.15) is 18.1 Å². The van der Waals surface area contributed by atoms with E-state index in [-0.39, 0.29) is 0 Å². The van der Waals surface area contributed by atoms with Gasteiger partial charge in [-0.1, -0.05) is 0 Å². The molecule has 0 bridgehead atoms. The minimum absolute atomic E-state index is 0.306. The van der Waals surface area contributed by atoms with Crippen molar-refractivity contribution in [3.63, 3.8) is 0 Å². The normalized spacial score (nSPS) is 12.4. The molecule has 3 N–H and O–H groups in total. The number of thiophene rings is 1. The second-order valence-corrected chi connectivity index (χ2v) is 4.92. The first-order chi connectivity index (χ1) is 8.15. The molecule has 0 saturated carbocycles. The van der Waals surface area contributed by atoms with Crippen molar-refractivity contribution in [2.24, 2.45) is 0 Å². The van der Waals surface area contributed by atoms with E-state index in [2.05, 4.69) is 39.0 Å². The Labute approximate surface area is 105 Å². The molecule has 17 heavy (non-hydrogen) atoms. The van der Waals surface area contributed by atoms with Crippen LogP contribution in [-0.4, -0.2) is 16.0 Å². The Hall–Kier alpha value is -1.62. The van der Waals surface area contributed by atoms with Gasteiger partial charge in [0.25, 0.3) is 0 Å². The van der Waals surface area contributed by atoms with E-state index in [9.17, 15) is 0 Å². The number of hydrogen-bond donors (Lipinski definition) is 2. The first-order valence-electron chi connectivity index (χ1n) is 5.52. The van der Waals surface area contributed by atoms with Gasteiger partial charge in [0.1, 0.15) is 5.82 Å².